The lowest BCUT2D eigenvalue weighted by Gasteiger charge is -2.44. The summed E-state index contributed by atoms with van der Waals surface area (Å²) < 4.78 is 0. The molecule has 1 unspecified atom stereocenters. The molecule has 2 N–H and O–H groups in total. The molecule has 0 spiro atoms. The minimum Gasteiger partial charge on any atom is -0.329 e. The molecule has 1 heterocycles. The summed E-state index contributed by atoms with van der Waals surface area (Å²) in [5.41, 5.74) is 5.97. The number of rotatable bonds is 5. The van der Waals surface area contributed by atoms with Gasteiger partial charge in [0.15, 0.2) is 0 Å². The maximum Gasteiger partial charge on any atom is 0.0247 e. The Labute approximate surface area is 106 Å². The van der Waals surface area contributed by atoms with E-state index in [0.717, 1.165) is 18.4 Å². The first kappa shape index (κ1) is 13.3. The SMILES string of the molecule is CC(C)CN1CCN(C(CN)C2CCC2)CC1. The summed E-state index contributed by atoms with van der Waals surface area (Å²) in [5, 5.41) is 0. The van der Waals surface area contributed by atoms with E-state index in [4.69, 9.17) is 5.73 Å². The van der Waals surface area contributed by atoms with Gasteiger partial charge < -0.3 is 10.6 Å². The van der Waals surface area contributed by atoms with Crippen molar-refractivity contribution in [2.75, 3.05) is 39.3 Å². The molecule has 0 amide bonds. The van der Waals surface area contributed by atoms with E-state index < -0.39 is 0 Å². The highest BCUT2D eigenvalue weighted by atomic mass is 15.3. The number of nitrogens with two attached hydrogens (primary N) is 1. The topological polar surface area (TPSA) is 32.5 Å². The lowest BCUT2D eigenvalue weighted by Crippen LogP contribution is -2.55. The van der Waals surface area contributed by atoms with Crippen molar-refractivity contribution in [3.8, 4) is 0 Å². The molecular weight excluding hydrogens is 210 g/mol. The van der Waals surface area contributed by atoms with Crippen LogP contribution in [0.15, 0.2) is 0 Å². The van der Waals surface area contributed by atoms with Gasteiger partial charge in [-0.15, -0.1) is 0 Å². The molecule has 1 aliphatic heterocycles. The van der Waals surface area contributed by atoms with Gasteiger partial charge in [-0.3, -0.25) is 4.90 Å². The Morgan fingerprint density at radius 1 is 1.12 bits per heavy atom. The van der Waals surface area contributed by atoms with Crippen LogP contribution in [0.5, 0.6) is 0 Å². The van der Waals surface area contributed by atoms with Crippen molar-refractivity contribution in [1.82, 2.24) is 9.80 Å². The molecule has 100 valence electrons. The van der Waals surface area contributed by atoms with E-state index in [2.05, 4.69) is 23.6 Å². The molecule has 1 aliphatic carbocycles. The molecule has 0 radical (unpaired) electrons. The summed E-state index contributed by atoms with van der Waals surface area (Å²) in [5.74, 6) is 1.69. The Bertz CT molecular complexity index is 218. The molecular formula is C14H29N3. The summed E-state index contributed by atoms with van der Waals surface area (Å²) in [4.78, 5) is 5.26. The molecule has 1 saturated carbocycles. The fraction of sp³-hybridized carbons (Fsp3) is 1.00. The van der Waals surface area contributed by atoms with Gasteiger partial charge in [-0.05, 0) is 24.7 Å². The van der Waals surface area contributed by atoms with Crippen LogP contribution >= 0.6 is 0 Å². The van der Waals surface area contributed by atoms with Crippen LogP contribution in [-0.2, 0) is 0 Å². The van der Waals surface area contributed by atoms with Crippen LogP contribution < -0.4 is 5.73 Å². The van der Waals surface area contributed by atoms with Gasteiger partial charge in [0.2, 0.25) is 0 Å². The second kappa shape index (κ2) is 6.17. The molecule has 0 aromatic heterocycles. The molecule has 0 aromatic rings. The van der Waals surface area contributed by atoms with Crippen molar-refractivity contribution in [2.45, 2.75) is 39.2 Å². The van der Waals surface area contributed by atoms with Gasteiger partial charge in [-0.1, -0.05) is 20.3 Å². The van der Waals surface area contributed by atoms with E-state index in [9.17, 15) is 0 Å². The third kappa shape index (κ3) is 3.43. The van der Waals surface area contributed by atoms with Crippen molar-refractivity contribution in [3.05, 3.63) is 0 Å². The van der Waals surface area contributed by atoms with E-state index in [1.165, 1.54) is 52.0 Å². The lowest BCUT2D eigenvalue weighted by molar-refractivity contribution is 0.0465. The zero-order valence-electron chi connectivity index (χ0n) is 11.6. The molecule has 0 bridgehead atoms. The van der Waals surface area contributed by atoms with Crippen molar-refractivity contribution < 1.29 is 0 Å². The largest absolute Gasteiger partial charge is 0.329 e. The maximum absolute atomic E-state index is 5.97. The van der Waals surface area contributed by atoms with Gasteiger partial charge in [0.1, 0.15) is 0 Å². The molecule has 3 heteroatoms. The maximum atomic E-state index is 5.97. The van der Waals surface area contributed by atoms with Crippen molar-refractivity contribution >= 4 is 0 Å². The Morgan fingerprint density at radius 2 is 1.76 bits per heavy atom. The van der Waals surface area contributed by atoms with E-state index in [1.807, 2.05) is 0 Å². The molecule has 2 rings (SSSR count). The zero-order valence-corrected chi connectivity index (χ0v) is 11.6. The minimum atomic E-state index is 0.671. The van der Waals surface area contributed by atoms with E-state index >= 15 is 0 Å². The highest BCUT2D eigenvalue weighted by molar-refractivity contribution is 4.88. The average molecular weight is 239 g/mol. The fourth-order valence-corrected chi connectivity index (χ4v) is 3.26. The first-order chi connectivity index (χ1) is 8.20. The molecule has 1 atom stereocenters. The second-order valence-corrected chi connectivity index (χ2v) is 6.22. The molecule has 2 fully saturated rings. The Balaban J connectivity index is 1.76. The van der Waals surface area contributed by atoms with Crippen LogP contribution in [0, 0.1) is 11.8 Å². The molecule has 0 aromatic carbocycles. The summed E-state index contributed by atoms with van der Waals surface area (Å²) in [6, 6.07) is 0.671. The smallest absolute Gasteiger partial charge is 0.0247 e. The van der Waals surface area contributed by atoms with Gasteiger partial charge in [0.05, 0.1) is 0 Å². The van der Waals surface area contributed by atoms with Crippen LogP contribution in [0.25, 0.3) is 0 Å². The standard InChI is InChI=1S/C14H29N3/c1-12(2)11-16-6-8-17(9-7-16)14(10-15)13-4-3-5-13/h12-14H,3-11,15H2,1-2H3. The molecule has 2 aliphatic rings. The molecule has 1 saturated heterocycles. The van der Waals surface area contributed by atoms with Crippen LogP contribution in [0.2, 0.25) is 0 Å². The molecule has 3 nitrogen and oxygen atoms in total. The van der Waals surface area contributed by atoms with Gasteiger partial charge in [0.25, 0.3) is 0 Å². The number of nitrogens with zero attached hydrogens (tertiary/aromatic N) is 2. The lowest BCUT2D eigenvalue weighted by atomic mass is 9.79. The van der Waals surface area contributed by atoms with Crippen molar-refractivity contribution in [2.24, 2.45) is 17.6 Å². The third-order valence-corrected chi connectivity index (χ3v) is 4.43. The Hall–Kier alpha value is -0.120. The van der Waals surface area contributed by atoms with Crippen molar-refractivity contribution in [3.63, 3.8) is 0 Å². The average Bonchev–Trinajstić information content (AvgIpc) is 2.23. The predicted octanol–water partition coefficient (Wildman–Crippen LogP) is 1.39. The van der Waals surface area contributed by atoms with E-state index in [-0.39, 0.29) is 0 Å². The summed E-state index contributed by atoms with van der Waals surface area (Å²) >= 11 is 0. The Morgan fingerprint density at radius 3 is 2.18 bits per heavy atom. The highest BCUT2D eigenvalue weighted by Gasteiger charge is 2.32. The van der Waals surface area contributed by atoms with Crippen LogP contribution in [0.1, 0.15) is 33.1 Å². The first-order valence-electron chi connectivity index (χ1n) is 7.37. The summed E-state index contributed by atoms with van der Waals surface area (Å²) in [6.07, 6.45) is 4.25. The molecule has 17 heavy (non-hydrogen) atoms. The van der Waals surface area contributed by atoms with Gasteiger partial charge >= 0.3 is 0 Å². The Kier molecular flexibility index (Phi) is 4.83. The van der Waals surface area contributed by atoms with E-state index in [0.29, 0.717) is 6.04 Å². The fourth-order valence-electron chi connectivity index (χ4n) is 3.26. The van der Waals surface area contributed by atoms with Crippen molar-refractivity contribution in [1.29, 1.82) is 0 Å². The quantitative estimate of drug-likeness (QED) is 0.787. The number of hydrogen-bond donors (Lipinski definition) is 1. The van der Waals surface area contributed by atoms with Crippen LogP contribution in [0.3, 0.4) is 0 Å². The van der Waals surface area contributed by atoms with E-state index in [1.54, 1.807) is 0 Å². The van der Waals surface area contributed by atoms with Crippen LogP contribution in [-0.4, -0.2) is 55.1 Å². The zero-order chi connectivity index (χ0) is 12.3. The number of piperazine rings is 1. The highest BCUT2D eigenvalue weighted by Crippen LogP contribution is 2.32. The summed E-state index contributed by atoms with van der Waals surface area (Å²) in [6.45, 7) is 11.7. The number of hydrogen-bond acceptors (Lipinski definition) is 3. The van der Waals surface area contributed by atoms with Crippen LogP contribution in [0.4, 0.5) is 0 Å². The third-order valence-electron chi connectivity index (χ3n) is 4.43. The monoisotopic (exact) mass is 239 g/mol. The normalized spacial score (nSPS) is 26.1. The minimum absolute atomic E-state index is 0.671. The second-order valence-electron chi connectivity index (χ2n) is 6.22. The van der Waals surface area contributed by atoms with Gasteiger partial charge in [0, 0.05) is 45.3 Å². The predicted molar refractivity (Wildman–Crippen MR) is 73.0 cm³/mol. The summed E-state index contributed by atoms with van der Waals surface area (Å²) in [7, 11) is 0. The van der Waals surface area contributed by atoms with Gasteiger partial charge in [-0.2, -0.15) is 0 Å². The van der Waals surface area contributed by atoms with Gasteiger partial charge in [-0.25, -0.2) is 0 Å². The first-order valence-corrected chi connectivity index (χ1v) is 7.37.